The summed E-state index contributed by atoms with van der Waals surface area (Å²) in [7, 11) is 1.51. The van der Waals surface area contributed by atoms with Crippen LogP contribution in [0.15, 0.2) is 84.9 Å². The number of alkyl carbamates (subject to hydrolysis) is 1. The number of ether oxygens (including phenoxy) is 3. The summed E-state index contributed by atoms with van der Waals surface area (Å²) in [5.74, 6) is 0.693. The second-order valence-corrected chi connectivity index (χ2v) is 7.06. The molecule has 0 aliphatic carbocycles. The number of nitrogens with one attached hydrogen (secondary N) is 1. The quantitative estimate of drug-likeness (QED) is 0.512. The molecule has 0 spiro atoms. The van der Waals surface area contributed by atoms with Crippen molar-refractivity contribution >= 4 is 6.09 Å². The number of benzene rings is 3. The molecule has 162 valence electrons. The first-order valence-electron chi connectivity index (χ1n) is 10.1. The monoisotopic (exact) mass is 421 g/mol. The van der Waals surface area contributed by atoms with Gasteiger partial charge in [0.15, 0.2) is 0 Å². The Morgan fingerprint density at radius 3 is 2.03 bits per heavy atom. The molecule has 2 atom stereocenters. The van der Waals surface area contributed by atoms with Crippen molar-refractivity contribution < 1.29 is 24.1 Å². The van der Waals surface area contributed by atoms with Gasteiger partial charge in [-0.15, -0.1) is 0 Å². The highest BCUT2D eigenvalue weighted by atomic mass is 16.5. The second-order valence-electron chi connectivity index (χ2n) is 7.06. The number of rotatable bonds is 10. The molecule has 6 heteroatoms. The van der Waals surface area contributed by atoms with Gasteiger partial charge in [0.25, 0.3) is 0 Å². The summed E-state index contributed by atoms with van der Waals surface area (Å²) in [5, 5.41) is 13.4. The zero-order chi connectivity index (χ0) is 21.9. The van der Waals surface area contributed by atoms with Crippen LogP contribution < -0.4 is 10.1 Å². The highest BCUT2D eigenvalue weighted by Gasteiger charge is 2.23. The summed E-state index contributed by atoms with van der Waals surface area (Å²) in [5.41, 5.74) is 2.59. The van der Waals surface area contributed by atoms with E-state index in [1.165, 1.54) is 7.11 Å². The molecule has 0 radical (unpaired) electrons. The Labute approximate surface area is 182 Å². The van der Waals surface area contributed by atoms with Crippen LogP contribution in [0.5, 0.6) is 5.75 Å². The molecule has 0 unspecified atom stereocenters. The van der Waals surface area contributed by atoms with E-state index in [1.807, 2.05) is 60.7 Å². The standard InChI is InChI=1S/C25H27NO5/c1-29-18-23(26-25(28)31-17-20-10-6-3-7-11-20)24(27)21-12-14-22(15-13-21)30-16-19-8-4-2-5-9-19/h2-15,23-24,27H,16-18H2,1H3,(H,26,28)/t23-,24-/m1/s1. The van der Waals surface area contributed by atoms with E-state index in [0.29, 0.717) is 17.9 Å². The van der Waals surface area contributed by atoms with Gasteiger partial charge in [-0.2, -0.15) is 0 Å². The molecule has 0 aliphatic heterocycles. The lowest BCUT2D eigenvalue weighted by atomic mass is 10.0. The van der Waals surface area contributed by atoms with E-state index in [4.69, 9.17) is 14.2 Å². The number of hydrogen-bond donors (Lipinski definition) is 2. The molecule has 0 heterocycles. The maximum atomic E-state index is 12.2. The van der Waals surface area contributed by atoms with Crippen molar-refractivity contribution in [1.29, 1.82) is 0 Å². The molecular weight excluding hydrogens is 394 g/mol. The summed E-state index contributed by atoms with van der Waals surface area (Å²) >= 11 is 0. The number of aliphatic hydroxyl groups excluding tert-OH is 1. The Bertz CT molecular complexity index is 916. The molecule has 3 aromatic carbocycles. The van der Waals surface area contributed by atoms with Gasteiger partial charge in [-0.25, -0.2) is 4.79 Å². The van der Waals surface area contributed by atoms with Crippen LogP contribution in [0.2, 0.25) is 0 Å². The normalized spacial score (nSPS) is 12.6. The lowest BCUT2D eigenvalue weighted by molar-refractivity contribution is 0.0611. The molecule has 0 bridgehead atoms. The van der Waals surface area contributed by atoms with Gasteiger partial charge >= 0.3 is 6.09 Å². The van der Waals surface area contributed by atoms with Crippen LogP contribution in [0.1, 0.15) is 22.8 Å². The van der Waals surface area contributed by atoms with Crippen molar-refractivity contribution in [2.24, 2.45) is 0 Å². The summed E-state index contributed by atoms with van der Waals surface area (Å²) < 4.78 is 16.2. The van der Waals surface area contributed by atoms with E-state index >= 15 is 0 Å². The van der Waals surface area contributed by atoms with Gasteiger partial charge in [-0.3, -0.25) is 0 Å². The molecule has 0 saturated heterocycles. The van der Waals surface area contributed by atoms with Gasteiger partial charge in [0.1, 0.15) is 25.1 Å². The van der Waals surface area contributed by atoms with Crippen molar-refractivity contribution in [2.45, 2.75) is 25.4 Å². The first-order valence-corrected chi connectivity index (χ1v) is 10.1. The predicted molar refractivity (Wildman–Crippen MR) is 118 cm³/mol. The number of amides is 1. The summed E-state index contributed by atoms with van der Waals surface area (Å²) in [6.45, 7) is 0.744. The molecule has 0 saturated carbocycles. The Morgan fingerprint density at radius 2 is 1.45 bits per heavy atom. The van der Waals surface area contributed by atoms with Crippen LogP contribution in [-0.4, -0.2) is 31.0 Å². The van der Waals surface area contributed by atoms with E-state index in [9.17, 15) is 9.90 Å². The van der Waals surface area contributed by atoms with Crippen LogP contribution >= 0.6 is 0 Å². The number of carbonyl (C=O) groups excluding carboxylic acids is 1. The number of carbonyl (C=O) groups is 1. The van der Waals surface area contributed by atoms with Crippen molar-refractivity contribution in [1.82, 2.24) is 5.32 Å². The molecule has 1 amide bonds. The van der Waals surface area contributed by atoms with Gasteiger partial charge in [-0.05, 0) is 28.8 Å². The fourth-order valence-electron chi connectivity index (χ4n) is 3.04. The van der Waals surface area contributed by atoms with Crippen LogP contribution in [0.3, 0.4) is 0 Å². The van der Waals surface area contributed by atoms with E-state index in [2.05, 4.69) is 5.32 Å². The minimum absolute atomic E-state index is 0.133. The summed E-state index contributed by atoms with van der Waals surface area (Å²) in [4.78, 5) is 12.2. The second kappa shape index (κ2) is 11.7. The van der Waals surface area contributed by atoms with E-state index < -0.39 is 18.2 Å². The minimum Gasteiger partial charge on any atom is -0.489 e. The Hall–Kier alpha value is -3.35. The SMILES string of the molecule is COC[C@@H](NC(=O)OCc1ccccc1)[C@H](O)c1ccc(OCc2ccccc2)cc1. The van der Waals surface area contributed by atoms with Crippen molar-refractivity contribution in [3.05, 3.63) is 102 Å². The van der Waals surface area contributed by atoms with Crippen LogP contribution in [-0.2, 0) is 22.7 Å². The molecule has 3 aromatic rings. The maximum Gasteiger partial charge on any atom is 0.407 e. The first kappa shape index (κ1) is 22.3. The summed E-state index contributed by atoms with van der Waals surface area (Å²) in [6, 6.07) is 25.7. The first-order chi connectivity index (χ1) is 15.2. The van der Waals surface area contributed by atoms with Crippen LogP contribution in [0, 0.1) is 0 Å². The van der Waals surface area contributed by atoms with E-state index in [1.54, 1.807) is 24.3 Å². The van der Waals surface area contributed by atoms with Crippen molar-refractivity contribution in [3.8, 4) is 5.75 Å². The average Bonchev–Trinajstić information content (AvgIpc) is 2.82. The minimum atomic E-state index is -0.965. The number of hydrogen-bond acceptors (Lipinski definition) is 5. The van der Waals surface area contributed by atoms with Crippen molar-refractivity contribution in [3.63, 3.8) is 0 Å². The molecule has 2 N–H and O–H groups in total. The molecule has 3 rings (SSSR count). The average molecular weight is 421 g/mol. The fourth-order valence-corrected chi connectivity index (χ4v) is 3.04. The van der Waals surface area contributed by atoms with E-state index in [-0.39, 0.29) is 13.2 Å². The lowest BCUT2D eigenvalue weighted by Gasteiger charge is -2.23. The zero-order valence-electron chi connectivity index (χ0n) is 17.4. The zero-order valence-corrected chi connectivity index (χ0v) is 17.4. The Morgan fingerprint density at radius 1 is 0.871 bits per heavy atom. The third-order valence-electron chi connectivity index (χ3n) is 4.71. The third kappa shape index (κ3) is 7.13. The Kier molecular flexibility index (Phi) is 8.46. The van der Waals surface area contributed by atoms with E-state index in [0.717, 1.165) is 11.1 Å². The highest BCUT2D eigenvalue weighted by Crippen LogP contribution is 2.21. The highest BCUT2D eigenvalue weighted by molar-refractivity contribution is 5.67. The molecular formula is C25H27NO5. The molecule has 0 aliphatic rings. The molecule has 0 fully saturated rings. The van der Waals surface area contributed by atoms with Gasteiger partial charge in [0, 0.05) is 7.11 Å². The van der Waals surface area contributed by atoms with Crippen LogP contribution in [0.25, 0.3) is 0 Å². The fraction of sp³-hybridized carbons (Fsp3) is 0.240. The van der Waals surface area contributed by atoms with Crippen molar-refractivity contribution in [2.75, 3.05) is 13.7 Å². The smallest absolute Gasteiger partial charge is 0.407 e. The van der Waals surface area contributed by atoms with Gasteiger partial charge in [0.2, 0.25) is 0 Å². The van der Waals surface area contributed by atoms with Gasteiger partial charge in [0.05, 0.1) is 12.6 Å². The predicted octanol–water partition coefficient (Wildman–Crippen LogP) is 4.24. The number of methoxy groups -OCH3 is 1. The largest absolute Gasteiger partial charge is 0.489 e. The van der Waals surface area contributed by atoms with Crippen LogP contribution in [0.4, 0.5) is 4.79 Å². The number of aliphatic hydroxyl groups is 1. The molecule has 31 heavy (non-hydrogen) atoms. The topological polar surface area (TPSA) is 77.0 Å². The molecule has 6 nitrogen and oxygen atoms in total. The maximum absolute atomic E-state index is 12.2. The lowest BCUT2D eigenvalue weighted by Crippen LogP contribution is -2.42. The Balaban J connectivity index is 1.54. The summed E-state index contributed by atoms with van der Waals surface area (Å²) in [6.07, 6.45) is -1.58. The molecule has 0 aromatic heterocycles. The van der Waals surface area contributed by atoms with Gasteiger partial charge in [-0.1, -0.05) is 72.8 Å². The van der Waals surface area contributed by atoms with Gasteiger partial charge < -0.3 is 24.6 Å². The third-order valence-corrected chi connectivity index (χ3v) is 4.71.